The van der Waals surface area contributed by atoms with Crippen LogP contribution in [0, 0.1) is 11.8 Å². The van der Waals surface area contributed by atoms with Gasteiger partial charge in [0.25, 0.3) is 0 Å². The van der Waals surface area contributed by atoms with Crippen LogP contribution in [0.2, 0.25) is 0 Å². The number of amides is 1. The van der Waals surface area contributed by atoms with Crippen LogP contribution in [-0.2, 0) is 4.79 Å². The fourth-order valence-corrected chi connectivity index (χ4v) is 4.81. The molecule has 2 saturated heterocycles. The molecule has 0 spiro atoms. The lowest BCUT2D eigenvalue weighted by Gasteiger charge is -2.30. The molecule has 0 aromatic heterocycles. The number of rotatable bonds is 6. The number of piperidine rings is 1. The standard InChI is InChI=1S/C19H35N3O/c1-15-7-6-12-22(14-15)11-5-4-10-20-19(23)18-13-16-8-2-3-9-17(16)21-18/h15-18,21H,2-14H2,1H3,(H,20,23). The van der Waals surface area contributed by atoms with Gasteiger partial charge in [-0.2, -0.15) is 0 Å². The number of unbranched alkanes of at least 4 members (excludes halogenated alkanes) is 1. The molecule has 4 nitrogen and oxygen atoms in total. The first-order chi connectivity index (χ1) is 11.2. The minimum atomic E-state index is 0.0750. The molecule has 0 aromatic rings. The number of hydrogen-bond acceptors (Lipinski definition) is 3. The average Bonchev–Trinajstić information content (AvgIpc) is 2.98. The summed E-state index contributed by atoms with van der Waals surface area (Å²) >= 11 is 0. The molecular weight excluding hydrogens is 286 g/mol. The van der Waals surface area contributed by atoms with E-state index in [1.165, 1.54) is 64.6 Å². The van der Waals surface area contributed by atoms with E-state index in [0.29, 0.717) is 6.04 Å². The van der Waals surface area contributed by atoms with E-state index in [1.54, 1.807) is 0 Å². The summed E-state index contributed by atoms with van der Waals surface area (Å²) in [6, 6.07) is 0.687. The lowest BCUT2D eigenvalue weighted by atomic mass is 9.85. The van der Waals surface area contributed by atoms with E-state index in [-0.39, 0.29) is 11.9 Å². The highest BCUT2D eigenvalue weighted by Crippen LogP contribution is 2.33. The van der Waals surface area contributed by atoms with Gasteiger partial charge in [0.05, 0.1) is 6.04 Å². The number of likely N-dealkylation sites (tertiary alicyclic amines) is 1. The molecule has 2 N–H and O–H groups in total. The molecule has 3 rings (SSSR count). The van der Waals surface area contributed by atoms with Crippen LogP contribution < -0.4 is 10.6 Å². The first-order valence-electron chi connectivity index (χ1n) is 9.98. The van der Waals surface area contributed by atoms with Crippen LogP contribution in [-0.4, -0.2) is 49.1 Å². The summed E-state index contributed by atoms with van der Waals surface area (Å²) < 4.78 is 0. The topological polar surface area (TPSA) is 44.4 Å². The van der Waals surface area contributed by atoms with E-state index in [9.17, 15) is 4.79 Å². The quantitative estimate of drug-likeness (QED) is 0.739. The lowest BCUT2D eigenvalue weighted by Crippen LogP contribution is -2.43. The van der Waals surface area contributed by atoms with Crippen LogP contribution in [0.1, 0.15) is 64.7 Å². The van der Waals surface area contributed by atoms with Crippen molar-refractivity contribution in [1.82, 2.24) is 15.5 Å². The number of nitrogens with one attached hydrogen (secondary N) is 2. The normalized spacial score (nSPS) is 35.0. The lowest BCUT2D eigenvalue weighted by molar-refractivity contribution is -0.122. The van der Waals surface area contributed by atoms with Crippen LogP contribution >= 0.6 is 0 Å². The van der Waals surface area contributed by atoms with E-state index >= 15 is 0 Å². The first kappa shape index (κ1) is 17.2. The Hall–Kier alpha value is -0.610. The van der Waals surface area contributed by atoms with Crippen molar-refractivity contribution in [3.05, 3.63) is 0 Å². The molecule has 2 aliphatic heterocycles. The molecule has 0 aromatic carbocycles. The Morgan fingerprint density at radius 3 is 2.87 bits per heavy atom. The zero-order valence-corrected chi connectivity index (χ0v) is 14.9. The smallest absolute Gasteiger partial charge is 0.237 e. The van der Waals surface area contributed by atoms with Crippen LogP contribution in [0.25, 0.3) is 0 Å². The third kappa shape index (κ3) is 4.93. The van der Waals surface area contributed by atoms with E-state index in [0.717, 1.165) is 31.2 Å². The van der Waals surface area contributed by atoms with E-state index in [1.807, 2.05) is 0 Å². The predicted molar refractivity (Wildman–Crippen MR) is 94.4 cm³/mol. The number of carbonyl (C=O) groups is 1. The number of fused-ring (bicyclic) bond motifs is 1. The summed E-state index contributed by atoms with van der Waals surface area (Å²) in [7, 11) is 0. The highest BCUT2D eigenvalue weighted by atomic mass is 16.2. The maximum Gasteiger partial charge on any atom is 0.237 e. The highest BCUT2D eigenvalue weighted by Gasteiger charge is 2.37. The summed E-state index contributed by atoms with van der Waals surface area (Å²) in [4.78, 5) is 14.9. The monoisotopic (exact) mass is 321 g/mol. The van der Waals surface area contributed by atoms with Crippen molar-refractivity contribution in [3.63, 3.8) is 0 Å². The van der Waals surface area contributed by atoms with Crippen molar-refractivity contribution in [2.75, 3.05) is 26.2 Å². The zero-order valence-electron chi connectivity index (χ0n) is 14.9. The fraction of sp³-hybridized carbons (Fsp3) is 0.947. The van der Waals surface area contributed by atoms with Crippen molar-refractivity contribution in [3.8, 4) is 0 Å². The number of nitrogens with zero attached hydrogens (tertiary/aromatic N) is 1. The Kier molecular flexibility index (Phi) is 6.35. The second kappa shape index (κ2) is 8.48. The Morgan fingerprint density at radius 1 is 1.17 bits per heavy atom. The van der Waals surface area contributed by atoms with E-state index in [2.05, 4.69) is 22.5 Å². The molecule has 23 heavy (non-hydrogen) atoms. The van der Waals surface area contributed by atoms with Gasteiger partial charge >= 0.3 is 0 Å². The van der Waals surface area contributed by atoms with Gasteiger partial charge in [-0.05, 0) is 69.9 Å². The third-order valence-corrected chi connectivity index (χ3v) is 6.12. The van der Waals surface area contributed by atoms with Gasteiger partial charge in [0.15, 0.2) is 0 Å². The maximum absolute atomic E-state index is 12.3. The summed E-state index contributed by atoms with van der Waals surface area (Å²) in [6.07, 6.45) is 11.4. The van der Waals surface area contributed by atoms with Gasteiger partial charge in [0.2, 0.25) is 5.91 Å². The van der Waals surface area contributed by atoms with E-state index < -0.39 is 0 Å². The van der Waals surface area contributed by atoms with Crippen LogP contribution in [0.3, 0.4) is 0 Å². The molecule has 3 fully saturated rings. The van der Waals surface area contributed by atoms with E-state index in [4.69, 9.17) is 0 Å². The van der Waals surface area contributed by atoms with Crippen LogP contribution in [0.15, 0.2) is 0 Å². The SMILES string of the molecule is CC1CCCN(CCCCNC(=O)C2CC3CCCCC3N2)C1. The van der Waals surface area contributed by atoms with Gasteiger partial charge in [0.1, 0.15) is 0 Å². The molecule has 2 heterocycles. The van der Waals surface area contributed by atoms with Gasteiger partial charge in [0, 0.05) is 19.1 Å². The Balaban J connectivity index is 1.26. The van der Waals surface area contributed by atoms with Crippen molar-refractivity contribution in [2.24, 2.45) is 11.8 Å². The third-order valence-electron chi connectivity index (χ3n) is 6.12. The van der Waals surface area contributed by atoms with Crippen LogP contribution in [0.4, 0.5) is 0 Å². The Labute approximate surface area is 141 Å². The number of carbonyl (C=O) groups excluding carboxylic acids is 1. The van der Waals surface area contributed by atoms with Gasteiger partial charge < -0.3 is 15.5 Å². The molecule has 0 radical (unpaired) electrons. The summed E-state index contributed by atoms with van der Waals surface area (Å²) in [5.74, 6) is 1.85. The summed E-state index contributed by atoms with van der Waals surface area (Å²) in [5.41, 5.74) is 0. The molecule has 4 unspecified atom stereocenters. The molecule has 4 atom stereocenters. The van der Waals surface area contributed by atoms with Gasteiger partial charge in [-0.25, -0.2) is 0 Å². The minimum absolute atomic E-state index is 0.0750. The van der Waals surface area contributed by atoms with Crippen molar-refractivity contribution in [1.29, 1.82) is 0 Å². The molecule has 3 aliphatic rings. The van der Waals surface area contributed by atoms with Crippen molar-refractivity contribution < 1.29 is 4.79 Å². The van der Waals surface area contributed by atoms with Crippen LogP contribution in [0.5, 0.6) is 0 Å². The number of hydrogen-bond donors (Lipinski definition) is 2. The van der Waals surface area contributed by atoms with Crippen molar-refractivity contribution >= 4 is 5.91 Å². The first-order valence-corrected chi connectivity index (χ1v) is 9.98. The zero-order chi connectivity index (χ0) is 16.1. The van der Waals surface area contributed by atoms with Gasteiger partial charge in [-0.15, -0.1) is 0 Å². The average molecular weight is 322 g/mol. The summed E-state index contributed by atoms with van der Waals surface area (Å²) in [6.45, 7) is 6.94. The fourth-order valence-electron chi connectivity index (χ4n) is 4.81. The maximum atomic E-state index is 12.3. The highest BCUT2D eigenvalue weighted by molar-refractivity contribution is 5.82. The molecule has 1 aliphatic carbocycles. The molecule has 132 valence electrons. The van der Waals surface area contributed by atoms with Crippen molar-refractivity contribution in [2.45, 2.75) is 76.8 Å². The largest absolute Gasteiger partial charge is 0.355 e. The Bertz CT molecular complexity index is 373. The Morgan fingerprint density at radius 2 is 2.04 bits per heavy atom. The molecular formula is C19H35N3O. The minimum Gasteiger partial charge on any atom is -0.355 e. The second-order valence-corrected chi connectivity index (χ2v) is 8.15. The molecule has 1 amide bonds. The summed E-state index contributed by atoms with van der Waals surface area (Å²) in [5, 5.41) is 6.73. The molecule has 0 bridgehead atoms. The molecule has 1 saturated carbocycles. The predicted octanol–water partition coefficient (Wildman–Crippen LogP) is 2.54. The van der Waals surface area contributed by atoms with Gasteiger partial charge in [-0.3, -0.25) is 4.79 Å². The molecule has 4 heteroatoms. The second-order valence-electron chi connectivity index (χ2n) is 8.15. The van der Waals surface area contributed by atoms with Gasteiger partial charge in [-0.1, -0.05) is 19.8 Å².